The van der Waals surface area contributed by atoms with Crippen molar-refractivity contribution in [3.63, 3.8) is 0 Å². The maximum Gasteiger partial charge on any atom is 0.417 e. The lowest BCUT2D eigenvalue weighted by Crippen LogP contribution is -2.08. The van der Waals surface area contributed by atoms with Gasteiger partial charge in [-0.05, 0) is 6.07 Å². The Morgan fingerprint density at radius 2 is 2.06 bits per heavy atom. The first-order valence-corrected chi connectivity index (χ1v) is 5.50. The van der Waals surface area contributed by atoms with Gasteiger partial charge in [-0.25, -0.2) is 4.79 Å². The van der Waals surface area contributed by atoms with Gasteiger partial charge in [0.1, 0.15) is 6.07 Å². The molecule has 18 heavy (non-hydrogen) atoms. The summed E-state index contributed by atoms with van der Waals surface area (Å²) in [7, 11) is 1.28. The highest BCUT2D eigenvalue weighted by Gasteiger charge is 2.14. The second-order valence-corrected chi connectivity index (χ2v) is 3.96. The van der Waals surface area contributed by atoms with Gasteiger partial charge >= 0.3 is 6.09 Å². The lowest BCUT2D eigenvalue weighted by atomic mass is 10.1. The van der Waals surface area contributed by atoms with Crippen LogP contribution in [0.1, 0.15) is 5.56 Å². The fourth-order valence-electron chi connectivity index (χ4n) is 1.65. The molecule has 90 valence electrons. The molecular formula is C13H9ClN2O2. The number of carbonyl (C=O) groups excluding carboxylic acids is 1. The highest BCUT2D eigenvalue weighted by atomic mass is 35.5. The molecule has 4 nitrogen and oxygen atoms in total. The van der Waals surface area contributed by atoms with E-state index in [2.05, 4.69) is 4.74 Å². The zero-order chi connectivity index (χ0) is 13.1. The Balaban J connectivity index is 2.58. The summed E-state index contributed by atoms with van der Waals surface area (Å²) in [5.41, 5.74) is 1.68. The van der Waals surface area contributed by atoms with Crippen LogP contribution in [0.4, 0.5) is 4.79 Å². The van der Waals surface area contributed by atoms with Crippen molar-refractivity contribution in [2.24, 2.45) is 0 Å². The van der Waals surface area contributed by atoms with Crippen LogP contribution in [-0.4, -0.2) is 17.8 Å². The zero-order valence-electron chi connectivity index (χ0n) is 9.55. The third-order valence-electron chi connectivity index (χ3n) is 2.50. The van der Waals surface area contributed by atoms with Crippen LogP contribution in [0.5, 0.6) is 0 Å². The normalized spacial score (nSPS) is 9.83. The SMILES string of the molecule is COC(=O)n1cc(C#N)c(-c2ccccc2Cl)c1. The molecule has 0 unspecified atom stereocenters. The van der Waals surface area contributed by atoms with Gasteiger partial charge < -0.3 is 4.74 Å². The summed E-state index contributed by atoms with van der Waals surface area (Å²) < 4.78 is 5.82. The van der Waals surface area contributed by atoms with Crippen LogP contribution in [0.15, 0.2) is 36.7 Å². The highest BCUT2D eigenvalue weighted by molar-refractivity contribution is 6.33. The minimum Gasteiger partial charge on any atom is -0.452 e. The van der Waals surface area contributed by atoms with Crippen LogP contribution in [0.2, 0.25) is 5.02 Å². The highest BCUT2D eigenvalue weighted by Crippen LogP contribution is 2.30. The second-order valence-electron chi connectivity index (χ2n) is 3.55. The van der Waals surface area contributed by atoms with Gasteiger partial charge in [-0.2, -0.15) is 5.26 Å². The van der Waals surface area contributed by atoms with Crippen molar-refractivity contribution in [2.75, 3.05) is 7.11 Å². The molecule has 0 bridgehead atoms. The number of hydrogen-bond donors (Lipinski definition) is 0. The standard InChI is InChI=1S/C13H9ClN2O2/c1-18-13(17)16-7-9(6-15)11(8-16)10-4-2-3-5-12(10)14/h2-5,7-8H,1H3. The van der Waals surface area contributed by atoms with E-state index in [1.807, 2.05) is 12.1 Å². The van der Waals surface area contributed by atoms with Crippen molar-refractivity contribution in [3.8, 4) is 17.2 Å². The molecule has 0 fully saturated rings. The summed E-state index contributed by atoms with van der Waals surface area (Å²) in [5.74, 6) is 0. The number of benzene rings is 1. The molecule has 0 aliphatic rings. The van der Waals surface area contributed by atoms with Crippen molar-refractivity contribution in [2.45, 2.75) is 0 Å². The predicted molar refractivity (Wildman–Crippen MR) is 67.4 cm³/mol. The largest absolute Gasteiger partial charge is 0.452 e. The van der Waals surface area contributed by atoms with E-state index in [0.717, 1.165) is 0 Å². The Kier molecular flexibility index (Phi) is 3.35. The molecule has 1 heterocycles. The molecule has 0 aliphatic heterocycles. The Labute approximate surface area is 109 Å². The summed E-state index contributed by atoms with van der Waals surface area (Å²) in [6, 6.07) is 9.17. The number of aromatic nitrogens is 1. The van der Waals surface area contributed by atoms with Gasteiger partial charge in [0.25, 0.3) is 0 Å². The van der Waals surface area contributed by atoms with E-state index in [1.54, 1.807) is 18.2 Å². The van der Waals surface area contributed by atoms with Crippen LogP contribution in [0.25, 0.3) is 11.1 Å². The number of methoxy groups -OCH3 is 1. The lowest BCUT2D eigenvalue weighted by Gasteiger charge is -2.01. The topological polar surface area (TPSA) is 55.0 Å². The van der Waals surface area contributed by atoms with Gasteiger partial charge in [0.15, 0.2) is 0 Å². The molecule has 0 radical (unpaired) electrons. The summed E-state index contributed by atoms with van der Waals surface area (Å²) in [5, 5.41) is 9.60. The third kappa shape index (κ3) is 2.08. The van der Waals surface area contributed by atoms with Crippen molar-refractivity contribution in [1.29, 1.82) is 5.26 Å². The fourth-order valence-corrected chi connectivity index (χ4v) is 1.89. The van der Waals surface area contributed by atoms with Gasteiger partial charge in [-0.1, -0.05) is 29.8 Å². The van der Waals surface area contributed by atoms with E-state index in [1.165, 1.54) is 24.1 Å². The van der Waals surface area contributed by atoms with E-state index < -0.39 is 6.09 Å². The van der Waals surface area contributed by atoms with E-state index in [9.17, 15) is 4.79 Å². The molecule has 0 saturated carbocycles. The molecule has 0 amide bonds. The number of halogens is 1. The summed E-state index contributed by atoms with van der Waals surface area (Å²) >= 11 is 6.08. The number of nitriles is 1. The van der Waals surface area contributed by atoms with Crippen LogP contribution < -0.4 is 0 Å². The van der Waals surface area contributed by atoms with Crippen molar-refractivity contribution < 1.29 is 9.53 Å². The number of nitrogens with zero attached hydrogens (tertiary/aromatic N) is 2. The average molecular weight is 261 g/mol. The Morgan fingerprint density at radius 1 is 1.33 bits per heavy atom. The van der Waals surface area contributed by atoms with Crippen molar-refractivity contribution >= 4 is 17.7 Å². The molecule has 0 aliphatic carbocycles. The Bertz CT molecular complexity index is 641. The summed E-state index contributed by atoms with van der Waals surface area (Å²) in [6.07, 6.45) is 2.40. The Hall–Kier alpha value is -2.25. The quantitative estimate of drug-likeness (QED) is 0.790. The van der Waals surface area contributed by atoms with E-state index in [0.29, 0.717) is 21.7 Å². The number of rotatable bonds is 1. The first-order chi connectivity index (χ1) is 8.67. The van der Waals surface area contributed by atoms with Crippen molar-refractivity contribution in [1.82, 2.24) is 4.57 Å². The molecule has 2 rings (SSSR count). The minimum absolute atomic E-state index is 0.369. The first kappa shape index (κ1) is 12.2. The number of ether oxygens (including phenoxy) is 1. The second kappa shape index (κ2) is 4.94. The minimum atomic E-state index is -0.551. The van der Waals surface area contributed by atoms with Gasteiger partial charge in [0.05, 0.1) is 12.7 Å². The maximum atomic E-state index is 11.4. The van der Waals surface area contributed by atoms with Gasteiger partial charge in [-0.15, -0.1) is 0 Å². The van der Waals surface area contributed by atoms with E-state index >= 15 is 0 Å². The molecule has 1 aromatic heterocycles. The Morgan fingerprint density at radius 3 is 2.67 bits per heavy atom. The van der Waals surface area contributed by atoms with Gasteiger partial charge in [-0.3, -0.25) is 4.57 Å². The molecule has 0 N–H and O–H groups in total. The summed E-state index contributed by atoms with van der Waals surface area (Å²) in [6.45, 7) is 0. The maximum absolute atomic E-state index is 11.4. The van der Waals surface area contributed by atoms with Gasteiger partial charge in [0, 0.05) is 28.5 Å². The molecule has 1 aromatic carbocycles. The molecule has 0 atom stereocenters. The van der Waals surface area contributed by atoms with Crippen LogP contribution in [0, 0.1) is 11.3 Å². The van der Waals surface area contributed by atoms with E-state index in [4.69, 9.17) is 16.9 Å². The van der Waals surface area contributed by atoms with E-state index in [-0.39, 0.29) is 0 Å². The van der Waals surface area contributed by atoms with Crippen LogP contribution in [0.3, 0.4) is 0 Å². The fraction of sp³-hybridized carbons (Fsp3) is 0.0769. The number of carbonyl (C=O) groups is 1. The van der Waals surface area contributed by atoms with Gasteiger partial charge in [0.2, 0.25) is 0 Å². The average Bonchev–Trinajstić information content (AvgIpc) is 2.82. The lowest BCUT2D eigenvalue weighted by molar-refractivity contribution is 0.173. The first-order valence-electron chi connectivity index (χ1n) is 5.12. The zero-order valence-corrected chi connectivity index (χ0v) is 10.3. The molecule has 0 spiro atoms. The monoisotopic (exact) mass is 260 g/mol. The third-order valence-corrected chi connectivity index (χ3v) is 2.83. The van der Waals surface area contributed by atoms with Crippen molar-refractivity contribution in [3.05, 3.63) is 47.2 Å². The molecular weight excluding hydrogens is 252 g/mol. The summed E-state index contributed by atoms with van der Waals surface area (Å²) in [4.78, 5) is 11.4. The van der Waals surface area contributed by atoms with Crippen LogP contribution in [-0.2, 0) is 4.74 Å². The predicted octanol–water partition coefficient (Wildman–Crippen LogP) is 3.29. The molecule has 5 heteroatoms. The molecule has 0 saturated heterocycles. The smallest absolute Gasteiger partial charge is 0.417 e. The number of hydrogen-bond acceptors (Lipinski definition) is 3. The van der Waals surface area contributed by atoms with Crippen LogP contribution >= 0.6 is 11.6 Å². The molecule has 2 aromatic rings.